The summed E-state index contributed by atoms with van der Waals surface area (Å²) in [6.45, 7) is 6.08. The average Bonchev–Trinajstić information content (AvgIpc) is 2.29. The molecule has 1 unspecified atom stereocenters. The molecule has 0 spiro atoms. The first-order chi connectivity index (χ1) is 8.53. The first-order valence-corrected chi connectivity index (χ1v) is 6.66. The minimum atomic E-state index is -0.840. The van der Waals surface area contributed by atoms with Crippen molar-refractivity contribution in [2.75, 3.05) is 19.7 Å². The Morgan fingerprint density at radius 1 is 1.44 bits per heavy atom. The lowest BCUT2D eigenvalue weighted by Crippen LogP contribution is -2.42. The third-order valence-electron chi connectivity index (χ3n) is 2.50. The maximum Gasteiger partial charge on any atom is 0.0975 e. The second-order valence-electron chi connectivity index (χ2n) is 4.80. The zero-order chi connectivity index (χ0) is 13.4. The largest absolute Gasteiger partial charge is 0.386 e. The van der Waals surface area contributed by atoms with E-state index in [-0.39, 0.29) is 0 Å². The second kappa shape index (κ2) is 7.74. The lowest BCUT2D eigenvalue weighted by molar-refractivity contribution is -0.0378. The van der Waals surface area contributed by atoms with E-state index in [4.69, 9.17) is 16.3 Å². The molecule has 4 heteroatoms. The van der Waals surface area contributed by atoms with Gasteiger partial charge in [-0.3, -0.25) is 0 Å². The molecule has 3 nitrogen and oxygen atoms in total. The van der Waals surface area contributed by atoms with Crippen LogP contribution >= 0.6 is 11.6 Å². The molecule has 0 aliphatic carbocycles. The molecule has 2 N–H and O–H groups in total. The van der Waals surface area contributed by atoms with Crippen molar-refractivity contribution in [2.24, 2.45) is 0 Å². The van der Waals surface area contributed by atoms with Crippen LogP contribution in [0.2, 0.25) is 5.02 Å². The Labute approximate surface area is 114 Å². The monoisotopic (exact) mass is 271 g/mol. The third kappa shape index (κ3) is 6.36. The van der Waals surface area contributed by atoms with Crippen molar-refractivity contribution in [3.05, 3.63) is 34.9 Å². The molecule has 18 heavy (non-hydrogen) atoms. The highest BCUT2D eigenvalue weighted by Gasteiger charge is 2.19. The van der Waals surface area contributed by atoms with E-state index in [2.05, 4.69) is 12.2 Å². The number of nitrogens with one attached hydrogen (secondary N) is 1. The van der Waals surface area contributed by atoms with Crippen LogP contribution in [-0.4, -0.2) is 30.4 Å². The number of benzene rings is 1. The summed E-state index contributed by atoms with van der Waals surface area (Å²) in [6.07, 6.45) is 1.06. The number of aliphatic hydroxyl groups is 1. The third-order valence-corrected chi connectivity index (χ3v) is 2.74. The highest BCUT2D eigenvalue weighted by molar-refractivity contribution is 6.30. The minimum Gasteiger partial charge on any atom is -0.386 e. The van der Waals surface area contributed by atoms with Crippen molar-refractivity contribution < 1.29 is 9.84 Å². The van der Waals surface area contributed by atoms with E-state index >= 15 is 0 Å². The van der Waals surface area contributed by atoms with E-state index in [0.717, 1.165) is 18.5 Å². The van der Waals surface area contributed by atoms with Gasteiger partial charge in [-0.2, -0.15) is 0 Å². The molecule has 0 aliphatic heterocycles. The summed E-state index contributed by atoms with van der Waals surface area (Å²) >= 11 is 5.88. The van der Waals surface area contributed by atoms with Crippen molar-refractivity contribution in [2.45, 2.75) is 32.5 Å². The first kappa shape index (κ1) is 15.4. The van der Waals surface area contributed by atoms with Gasteiger partial charge < -0.3 is 15.2 Å². The summed E-state index contributed by atoms with van der Waals surface area (Å²) in [6, 6.07) is 7.54. The highest BCUT2D eigenvalue weighted by Crippen LogP contribution is 2.12. The predicted octanol–water partition coefficient (Wildman–Crippen LogP) is 2.61. The molecule has 1 atom stereocenters. The Balaban J connectivity index is 2.27. The van der Waals surface area contributed by atoms with Crippen LogP contribution in [-0.2, 0) is 11.3 Å². The van der Waals surface area contributed by atoms with Gasteiger partial charge in [0, 0.05) is 11.6 Å². The highest BCUT2D eigenvalue weighted by atomic mass is 35.5. The zero-order valence-electron chi connectivity index (χ0n) is 11.1. The number of hydrogen-bond donors (Lipinski definition) is 2. The van der Waals surface area contributed by atoms with E-state index in [1.807, 2.05) is 24.3 Å². The van der Waals surface area contributed by atoms with Crippen molar-refractivity contribution >= 4 is 11.6 Å². The van der Waals surface area contributed by atoms with E-state index in [1.165, 1.54) is 0 Å². The Bertz CT molecular complexity index is 355. The second-order valence-corrected chi connectivity index (χ2v) is 5.23. The summed E-state index contributed by atoms with van der Waals surface area (Å²) in [7, 11) is 0. The summed E-state index contributed by atoms with van der Waals surface area (Å²) in [5, 5.41) is 13.9. The quantitative estimate of drug-likeness (QED) is 0.714. The Hall–Kier alpha value is -0.610. The number of rotatable bonds is 8. The first-order valence-electron chi connectivity index (χ1n) is 6.29. The maximum absolute atomic E-state index is 10.1. The molecule has 1 aromatic rings. The molecule has 1 rings (SSSR count). The van der Waals surface area contributed by atoms with Gasteiger partial charge in [0.1, 0.15) is 0 Å². The van der Waals surface area contributed by atoms with Crippen molar-refractivity contribution in [3.63, 3.8) is 0 Å². The SMILES string of the molecule is CCCNCC(C)(O)COCc1cccc(Cl)c1. The molecule has 0 heterocycles. The molecule has 0 fully saturated rings. The van der Waals surface area contributed by atoms with Crippen LogP contribution in [0.5, 0.6) is 0 Å². The Morgan fingerprint density at radius 2 is 2.22 bits per heavy atom. The Morgan fingerprint density at radius 3 is 2.89 bits per heavy atom. The van der Waals surface area contributed by atoms with Gasteiger partial charge in [0.25, 0.3) is 0 Å². The van der Waals surface area contributed by atoms with E-state index in [9.17, 15) is 5.11 Å². The molecule has 0 bridgehead atoms. The van der Waals surface area contributed by atoms with Gasteiger partial charge in [0.15, 0.2) is 0 Å². The molecular formula is C14H22ClNO2. The molecule has 0 aromatic heterocycles. The van der Waals surface area contributed by atoms with Crippen LogP contribution in [0.15, 0.2) is 24.3 Å². The van der Waals surface area contributed by atoms with E-state index in [1.54, 1.807) is 6.92 Å². The number of hydrogen-bond acceptors (Lipinski definition) is 3. The topological polar surface area (TPSA) is 41.5 Å². The fraction of sp³-hybridized carbons (Fsp3) is 0.571. The fourth-order valence-corrected chi connectivity index (χ4v) is 1.81. The van der Waals surface area contributed by atoms with Crippen LogP contribution in [0, 0.1) is 0 Å². The van der Waals surface area contributed by atoms with Gasteiger partial charge >= 0.3 is 0 Å². The number of halogens is 1. The maximum atomic E-state index is 10.1. The Kier molecular flexibility index (Phi) is 6.65. The summed E-state index contributed by atoms with van der Waals surface area (Å²) in [4.78, 5) is 0. The predicted molar refractivity (Wildman–Crippen MR) is 74.9 cm³/mol. The van der Waals surface area contributed by atoms with Crippen molar-refractivity contribution in [1.82, 2.24) is 5.32 Å². The average molecular weight is 272 g/mol. The van der Waals surface area contributed by atoms with Gasteiger partial charge in [0.2, 0.25) is 0 Å². The molecule has 0 saturated heterocycles. The summed E-state index contributed by atoms with van der Waals surface area (Å²) < 4.78 is 5.52. The van der Waals surface area contributed by atoms with Crippen LogP contribution in [0.25, 0.3) is 0 Å². The van der Waals surface area contributed by atoms with Gasteiger partial charge in [-0.15, -0.1) is 0 Å². The fourth-order valence-electron chi connectivity index (χ4n) is 1.60. The molecule has 102 valence electrons. The number of ether oxygens (including phenoxy) is 1. The molecule has 1 aromatic carbocycles. The molecule has 0 aliphatic rings. The standard InChI is InChI=1S/C14H22ClNO2/c1-3-7-16-10-14(2,17)11-18-9-12-5-4-6-13(15)8-12/h4-6,8,16-17H,3,7,9-11H2,1-2H3. The van der Waals surface area contributed by atoms with E-state index in [0.29, 0.717) is 24.8 Å². The smallest absolute Gasteiger partial charge is 0.0975 e. The molecular weight excluding hydrogens is 250 g/mol. The lowest BCUT2D eigenvalue weighted by Gasteiger charge is -2.23. The van der Waals surface area contributed by atoms with Crippen LogP contribution in [0.4, 0.5) is 0 Å². The van der Waals surface area contributed by atoms with Crippen LogP contribution < -0.4 is 5.32 Å². The lowest BCUT2D eigenvalue weighted by atomic mass is 10.1. The van der Waals surface area contributed by atoms with Crippen LogP contribution in [0.3, 0.4) is 0 Å². The van der Waals surface area contributed by atoms with Gasteiger partial charge in [0.05, 0.1) is 18.8 Å². The summed E-state index contributed by atoms with van der Waals surface area (Å²) in [5.41, 5.74) is 0.174. The van der Waals surface area contributed by atoms with E-state index < -0.39 is 5.60 Å². The minimum absolute atomic E-state index is 0.302. The van der Waals surface area contributed by atoms with Gasteiger partial charge in [-0.05, 0) is 37.6 Å². The van der Waals surface area contributed by atoms with Crippen molar-refractivity contribution in [3.8, 4) is 0 Å². The van der Waals surface area contributed by atoms with Gasteiger partial charge in [-0.25, -0.2) is 0 Å². The van der Waals surface area contributed by atoms with Crippen LogP contribution in [0.1, 0.15) is 25.8 Å². The van der Waals surface area contributed by atoms with Crippen molar-refractivity contribution in [1.29, 1.82) is 0 Å². The van der Waals surface area contributed by atoms with Gasteiger partial charge in [-0.1, -0.05) is 30.7 Å². The zero-order valence-corrected chi connectivity index (χ0v) is 11.8. The molecule has 0 saturated carbocycles. The summed E-state index contributed by atoms with van der Waals surface area (Å²) in [5.74, 6) is 0. The normalized spacial score (nSPS) is 14.4. The molecule has 0 radical (unpaired) electrons. The molecule has 0 amide bonds.